The molecule has 100 valence electrons. The molecule has 2 rings (SSSR count). The zero-order valence-electron chi connectivity index (χ0n) is 11.4. The van der Waals surface area contributed by atoms with E-state index in [1.165, 1.54) is 30.4 Å². The maximum Gasteiger partial charge on any atom is 0.0233 e. The van der Waals surface area contributed by atoms with E-state index >= 15 is 0 Å². The molecule has 1 aromatic carbocycles. The van der Waals surface area contributed by atoms with E-state index in [1.807, 2.05) is 0 Å². The molecule has 2 nitrogen and oxygen atoms in total. The first kappa shape index (κ1) is 14.0. The van der Waals surface area contributed by atoms with Gasteiger partial charge in [0.15, 0.2) is 0 Å². The second-order valence-corrected chi connectivity index (χ2v) is 6.72. The molecular formula is C15H23BrN2. The smallest absolute Gasteiger partial charge is 0.0233 e. The highest BCUT2D eigenvalue weighted by Gasteiger charge is 2.36. The topological polar surface area (TPSA) is 29.3 Å². The molecule has 1 aromatic rings. The van der Waals surface area contributed by atoms with E-state index in [0.717, 1.165) is 24.1 Å². The molecule has 0 bridgehead atoms. The maximum atomic E-state index is 5.93. The number of nitrogens with two attached hydrogens (primary N) is 1. The van der Waals surface area contributed by atoms with Crippen molar-refractivity contribution in [1.29, 1.82) is 0 Å². The fourth-order valence-electron chi connectivity index (χ4n) is 2.83. The molecule has 1 aliphatic rings. The van der Waals surface area contributed by atoms with Crippen LogP contribution in [0.15, 0.2) is 22.7 Å². The lowest BCUT2D eigenvalue weighted by Crippen LogP contribution is -2.45. The van der Waals surface area contributed by atoms with E-state index in [0.29, 0.717) is 5.41 Å². The van der Waals surface area contributed by atoms with Crippen molar-refractivity contribution in [3.05, 3.63) is 33.8 Å². The Morgan fingerprint density at radius 3 is 2.67 bits per heavy atom. The van der Waals surface area contributed by atoms with Crippen molar-refractivity contribution in [2.24, 2.45) is 11.1 Å². The quantitative estimate of drug-likeness (QED) is 0.904. The van der Waals surface area contributed by atoms with Gasteiger partial charge in [0.2, 0.25) is 0 Å². The molecule has 3 heteroatoms. The fraction of sp³-hybridized carbons (Fsp3) is 0.600. The van der Waals surface area contributed by atoms with Crippen LogP contribution < -0.4 is 5.73 Å². The van der Waals surface area contributed by atoms with Gasteiger partial charge < -0.3 is 10.6 Å². The van der Waals surface area contributed by atoms with Crippen LogP contribution in [-0.4, -0.2) is 25.0 Å². The minimum atomic E-state index is 0.397. The molecule has 0 aromatic heterocycles. The summed E-state index contributed by atoms with van der Waals surface area (Å²) in [5, 5.41) is 0. The third-order valence-electron chi connectivity index (χ3n) is 4.20. The molecule has 0 heterocycles. The summed E-state index contributed by atoms with van der Waals surface area (Å²) in [6.07, 6.45) is 3.94. The van der Waals surface area contributed by atoms with E-state index < -0.39 is 0 Å². The highest BCUT2D eigenvalue weighted by atomic mass is 79.9. The Kier molecular flexibility index (Phi) is 4.46. The second kappa shape index (κ2) is 5.72. The average molecular weight is 311 g/mol. The summed E-state index contributed by atoms with van der Waals surface area (Å²) in [6, 6.07) is 6.50. The minimum Gasteiger partial charge on any atom is -0.330 e. The summed E-state index contributed by atoms with van der Waals surface area (Å²) in [4.78, 5) is 2.42. The van der Waals surface area contributed by atoms with Crippen LogP contribution in [0, 0.1) is 12.3 Å². The van der Waals surface area contributed by atoms with Crippen molar-refractivity contribution < 1.29 is 0 Å². The van der Waals surface area contributed by atoms with Crippen molar-refractivity contribution >= 4 is 15.9 Å². The predicted octanol–water partition coefficient (Wildman–Crippen LogP) is 3.32. The third kappa shape index (κ3) is 3.14. The van der Waals surface area contributed by atoms with E-state index in [2.05, 4.69) is 53.0 Å². The van der Waals surface area contributed by atoms with Gasteiger partial charge in [-0.15, -0.1) is 0 Å². The maximum absolute atomic E-state index is 5.93. The molecule has 0 radical (unpaired) electrons. The number of hydrogen-bond donors (Lipinski definition) is 1. The van der Waals surface area contributed by atoms with Gasteiger partial charge in [0.05, 0.1) is 0 Å². The summed E-state index contributed by atoms with van der Waals surface area (Å²) in [5.41, 5.74) is 9.09. The molecule has 0 amide bonds. The van der Waals surface area contributed by atoms with Gasteiger partial charge in [-0.05, 0) is 62.0 Å². The van der Waals surface area contributed by atoms with Gasteiger partial charge in [0.25, 0.3) is 0 Å². The van der Waals surface area contributed by atoms with Crippen LogP contribution in [0.1, 0.15) is 30.4 Å². The highest BCUT2D eigenvalue weighted by Crippen LogP contribution is 2.40. The Labute approximate surface area is 119 Å². The SMILES string of the molecule is Cc1ccc(Br)cc1CN(C)CC1(CN)CCC1. The summed E-state index contributed by atoms with van der Waals surface area (Å²) in [7, 11) is 2.20. The van der Waals surface area contributed by atoms with E-state index in [1.54, 1.807) is 0 Å². The number of hydrogen-bond acceptors (Lipinski definition) is 2. The van der Waals surface area contributed by atoms with E-state index in [4.69, 9.17) is 5.73 Å². The molecule has 2 N–H and O–H groups in total. The molecule has 0 saturated heterocycles. The van der Waals surface area contributed by atoms with Gasteiger partial charge in [-0.25, -0.2) is 0 Å². The average Bonchev–Trinajstić information content (AvgIpc) is 2.28. The standard InChI is InChI=1S/C15H23BrN2/c1-12-4-5-14(16)8-13(12)9-18(2)11-15(10-17)6-3-7-15/h4-5,8H,3,6-7,9-11,17H2,1-2H3. The summed E-state index contributed by atoms with van der Waals surface area (Å²) in [5.74, 6) is 0. The van der Waals surface area contributed by atoms with Gasteiger partial charge in [-0.3, -0.25) is 0 Å². The molecular weight excluding hydrogens is 288 g/mol. The van der Waals surface area contributed by atoms with Crippen LogP contribution in [-0.2, 0) is 6.54 Å². The van der Waals surface area contributed by atoms with E-state index in [-0.39, 0.29) is 0 Å². The molecule has 1 saturated carbocycles. The molecule has 1 fully saturated rings. The lowest BCUT2D eigenvalue weighted by molar-refractivity contribution is 0.0844. The lowest BCUT2D eigenvalue weighted by atomic mass is 9.68. The van der Waals surface area contributed by atoms with Crippen molar-refractivity contribution in [3.63, 3.8) is 0 Å². The summed E-state index contributed by atoms with van der Waals surface area (Å²) >= 11 is 3.55. The Morgan fingerprint density at radius 1 is 1.39 bits per heavy atom. The van der Waals surface area contributed by atoms with Crippen LogP contribution in [0.25, 0.3) is 0 Å². The number of halogens is 1. The zero-order chi connectivity index (χ0) is 13.2. The largest absolute Gasteiger partial charge is 0.330 e. The van der Waals surface area contributed by atoms with Crippen LogP contribution >= 0.6 is 15.9 Å². The second-order valence-electron chi connectivity index (χ2n) is 5.80. The van der Waals surface area contributed by atoms with Gasteiger partial charge in [0.1, 0.15) is 0 Å². The van der Waals surface area contributed by atoms with Crippen LogP contribution in [0.4, 0.5) is 0 Å². The normalized spacial score (nSPS) is 17.8. The summed E-state index contributed by atoms with van der Waals surface area (Å²) < 4.78 is 1.16. The third-order valence-corrected chi connectivity index (χ3v) is 4.70. The number of rotatable bonds is 5. The molecule has 18 heavy (non-hydrogen) atoms. The number of nitrogens with zero attached hydrogens (tertiary/aromatic N) is 1. The Hall–Kier alpha value is -0.380. The Balaban J connectivity index is 1.98. The zero-order valence-corrected chi connectivity index (χ0v) is 13.0. The predicted molar refractivity (Wildman–Crippen MR) is 80.6 cm³/mol. The number of benzene rings is 1. The Morgan fingerprint density at radius 2 is 2.11 bits per heavy atom. The lowest BCUT2D eigenvalue weighted by Gasteiger charge is -2.43. The van der Waals surface area contributed by atoms with Crippen LogP contribution in [0.3, 0.4) is 0 Å². The highest BCUT2D eigenvalue weighted by molar-refractivity contribution is 9.10. The monoisotopic (exact) mass is 310 g/mol. The number of aryl methyl sites for hydroxylation is 1. The molecule has 0 atom stereocenters. The minimum absolute atomic E-state index is 0.397. The van der Waals surface area contributed by atoms with Gasteiger partial charge in [0, 0.05) is 17.6 Å². The first-order valence-corrected chi connectivity index (χ1v) is 7.48. The van der Waals surface area contributed by atoms with Crippen LogP contribution in [0.2, 0.25) is 0 Å². The van der Waals surface area contributed by atoms with Crippen molar-refractivity contribution in [2.45, 2.75) is 32.7 Å². The first-order valence-electron chi connectivity index (χ1n) is 6.68. The van der Waals surface area contributed by atoms with Gasteiger partial charge >= 0.3 is 0 Å². The van der Waals surface area contributed by atoms with Crippen molar-refractivity contribution in [2.75, 3.05) is 20.1 Å². The van der Waals surface area contributed by atoms with Gasteiger partial charge in [-0.2, -0.15) is 0 Å². The molecule has 0 unspecified atom stereocenters. The molecule has 0 spiro atoms. The van der Waals surface area contributed by atoms with Gasteiger partial charge in [-0.1, -0.05) is 28.4 Å². The van der Waals surface area contributed by atoms with Crippen LogP contribution in [0.5, 0.6) is 0 Å². The Bertz CT molecular complexity index is 407. The molecule has 0 aliphatic heterocycles. The van der Waals surface area contributed by atoms with Crippen molar-refractivity contribution in [3.8, 4) is 0 Å². The fourth-order valence-corrected chi connectivity index (χ4v) is 3.24. The summed E-state index contributed by atoms with van der Waals surface area (Å²) in [6.45, 7) is 5.13. The molecule has 1 aliphatic carbocycles. The first-order chi connectivity index (χ1) is 8.54. The van der Waals surface area contributed by atoms with E-state index in [9.17, 15) is 0 Å². The van der Waals surface area contributed by atoms with Crippen molar-refractivity contribution in [1.82, 2.24) is 4.90 Å².